The molecule has 1 atom stereocenters. The highest BCUT2D eigenvalue weighted by atomic mass is 16.5. The Kier molecular flexibility index (Phi) is 5.99. The van der Waals surface area contributed by atoms with Crippen molar-refractivity contribution < 1.29 is 14.3 Å². The van der Waals surface area contributed by atoms with Gasteiger partial charge in [0.2, 0.25) is 5.91 Å². The van der Waals surface area contributed by atoms with Crippen LogP contribution in [-0.2, 0) is 21.1 Å². The van der Waals surface area contributed by atoms with Gasteiger partial charge in [-0.2, -0.15) is 5.10 Å². The summed E-state index contributed by atoms with van der Waals surface area (Å²) in [5.74, 6) is -0.188. The van der Waals surface area contributed by atoms with Crippen LogP contribution in [0.25, 0.3) is 22.3 Å². The van der Waals surface area contributed by atoms with Gasteiger partial charge in [0.05, 0.1) is 23.3 Å². The zero-order valence-electron chi connectivity index (χ0n) is 18.8. The zero-order valence-corrected chi connectivity index (χ0v) is 18.8. The van der Waals surface area contributed by atoms with E-state index in [1.807, 2.05) is 43.9 Å². The minimum atomic E-state index is -0.571. The predicted octanol–water partition coefficient (Wildman–Crippen LogP) is 3.45. The first-order valence-corrected chi connectivity index (χ1v) is 11.0. The molecule has 1 saturated carbocycles. The van der Waals surface area contributed by atoms with Crippen LogP contribution < -0.4 is 5.73 Å². The van der Waals surface area contributed by atoms with E-state index in [1.165, 1.54) is 19.2 Å². The topological polar surface area (TPSA) is 118 Å². The number of aromatic nitrogens is 5. The number of amides is 1. The molecular formula is C23H30N6O3. The third kappa shape index (κ3) is 4.51. The first-order chi connectivity index (χ1) is 15.2. The van der Waals surface area contributed by atoms with Gasteiger partial charge < -0.3 is 10.5 Å². The molecule has 3 heterocycles. The van der Waals surface area contributed by atoms with Crippen LogP contribution in [0.5, 0.6) is 0 Å². The smallest absolute Gasteiger partial charge is 0.312 e. The number of nitrogens with two attached hydrogens (primary N) is 1. The van der Waals surface area contributed by atoms with Gasteiger partial charge >= 0.3 is 5.97 Å². The average molecular weight is 439 g/mol. The van der Waals surface area contributed by atoms with E-state index in [9.17, 15) is 9.59 Å². The summed E-state index contributed by atoms with van der Waals surface area (Å²) >= 11 is 0. The van der Waals surface area contributed by atoms with E-state index < -0.39 is 5.41 Å². The van der Waals surface area contributed by atoms with Crippen LogP contribution in [0.2, 0.25) is 0 Å². The van der Waals surface area contributed by atoms with Crippen molar-refractivity contribution in [2.24, 2.45) is 17.1 Å². The molecular weight excluding hydrogens is 408 g/mol. The largest absolute Gasteiger partial charge is 0.443 e. The van der Waals surface area contributed by atoms with Crippen molar-refractivity contribution in [1.82, 2.24) is 24.3 Å². The van der Waals surface area contributed by atoms with Crippen LogP contribution in [0.15, 0.2) is 31.0 Å². The molecule has 1 aliphatic carbocycles. The van der Waals surface area contributed by atoms with Gasteiger partial charge in [-0.05, 0) is 45.6 Å². The lowest BCUT2D eigenvalue weighted by atomic mass is 9.95. The molecule has 1 fully saturated rings. The van der Waals surface area contributed by atoms with Crippen molar-refractivity contribution >= 4 is 22.9 Å². The van der Waals surface area contributed by atoms with Crippen LogP contribution >= 0.6 is 0 Å². The van der Waals surface area contributed by atoms with E-state index in [2.05, 4.69) is 15.1 Å². The van der Waals surface area contributed by atoms with Gasteiger partial charge in [0.1, 0.15) is 12.0 Å². The monoisotopic (exact) mass is 438 g/mol. The molecule has 0 bridgehead atoms. The number of nitrogens with zero attached hydrogens (tertiary/aromatic N) is 5. The number of esters is 1. The third-order valence-corrected chi connectivity index (χ3v) is 6.07. The second kappa shape index (κ2) is 8.72. The van der Waals surface area contributed by atoms with Crippen LogP contribution in [0.1, 0.15) is 58.9 Å². The van der Waals surface area contributed by atoms with E-state index in [1.54, 1.807) is 10.8 Å². The number of primary amides is 1. The quantitative estimate of drug-likeness (QED) is 0.565. The standard InChI is InChI=1S/C23H30N6O3/c1-23(2,3)22(31)32-14-28-9-8-17-20(25-13-26-21(17)28)16-11-27-29(12-16)18(10-19(24)30)15-6-4-5-7-15/h8-9,11-13,15,18H,4-7,10,14H2,1-3H3,(H2,24,30). The highest BCUT2D eigenvalue weighted by Crippen LogP contribution is 2.37. The molecule has 3 aromatic heterocycles. The minimum Gasteiger partial charge on any atom is -0.443 e. The highest BCUT2D eigenvalue weighted by Gasteiger charge is 2.29. The Labute approximate surface area is 187 Å². The van der Waals surface area contributed by atoms with E-state index in [4.69, 9.17) is 10.5 Å². The molecule has 2 N–H and O–H groups in total. The van der Waals surface area contributed by atoms with Gasteiger partial charge in [-0.25, -0.2) is 9.97 Å². The molecule has 1 unspecified atom stereocenters. The molecule has 9 nitrogen and oxygen atoms in total. The fourth-order valence-electron chi connectivity index (χ4n) is 4.35. The van der Waals surface area contributed by atoms with Crippen molar-refractivity contribution in [3.8, 4) is 11.3 Å². The Morgan fingerprint density at radius 1 is 1.25 bits per heavy atom. The number of rotatable bonds is 7. The van der Waals surface area contributed by atoms with Crippen LogP contribution in [0, 0.1) is 11.3 Å². The first-order valence-electron chi connectivity index (χ1n) is 11.0. The molecule has 3 aromatic rings. The van der Waals surface area contributed by atoms with Crippen molar-refractivity contribution in [2.45, 2.75) is 65.6 Å². The summed E-state index contributed by atoms with van der Waals surface area (Å²) in [6, 6.07) is 1.87. The molecule has 0 aromatic carbocycles. The van der Waals surface area contributed by atoms with Gasteiger partial charge in [-0.3, -0.25) is 18.8 Å². The van der Waals surface area contributed by atoms with E-state index >= 15 is 0 Å². The van der Waals surface area contributed by atoms with Crippen LogP contribution in [-0.4, -0.2) is 36.2 Å². The Balaban J connectivity index is 1.60. The molecule has 0 saturated heterocycles. The molecule has 0 aliphatic heterocycles. The Morgan fingerprint density at radius 2 is 2.00 bits per heavy atom. The van der Waals surface area contributed by atoms with Gasteiger partial charge in [0, 0.05) is 29.8 Å². The number of fused-ring (bicyclic) bond motifs is 1. The Bertz CT molecular complexity index is 1120. The number of carbonyl (C=O) groups excluding carboxylic acids is 2. The number of ether oxygens (including phenoxy) is 1. The van der Waals surface area contributed by atoms with E-state index in [0.717, 1.165) is 29.5 Å². The maximum atomic E-state index is 12.1. The lowest BCUT2D eigenvalue weighted by molar-refractivity contribution is -0.156. The van der Waals surface area contributed by atoms with Crippen LogP contribution in [0.3, 0.4) is 0 Å². The summed E-state index contributed by atoms with van der Waals surface area (Å²) in [5.41, 5.74) is 7.22. The molecule has 0 spiro atoms. The number of carbonyl (C=O) groups is 2. The normalized spacial score (nSPS) is 15.8. The highest BCUT2D eigenvalue weighted by molar-refractivity contribution is 5.90. The van der Waals surface area contributed by atoms with Crippen molar-refractivity contribution in [3.05, 3.63) is 31.0 Å². The number of hydrogen-bond acceptors (Lipinski definition) is 6. The third-order valence-electron chi connectivity index (χ3n) is 6.07. The molecule has 4 rings (SSSR count). The van der Waals surface area contributed by atoms with Gasteiger partial charge in [-0.1, -0.05) is 12.8 Å². The van der Waals surface area contributed by atoms with Gasteiger partial charge in [-0.15, -0.1) is 0 Å². The SMILES string of the molecule is CC(C)(C)C(=O)OCn1ccc2c(-c3cnn(C(CC(N)=O)C4CCCC4)c3)ncnc21. The van der Waals surface area contributed by atoms with Crippen molar-refractivity contribution in [3.63, 3.8) is 0 Å². The molecule has 1 aliphatic rings. The Hall–Kier alpha value is -3.23. The summed E-state index contributed by atoms with van der Waals surface area (Å²) < 4.78 is 9.09. The fraction of sp³-hybridized carbons (Fsp3) is 0.522. The maximum absolute atomic E-state index is 12.1. The molecule has 32 heavy (non-hydrogen) atoms. The fourth-order valence-corrected chi connectivity index (χ4v) is 4.35. The summed E-state index contributed by atoms with van der Waals surface area (Å²) in [5, 5.41) is 5.40. The minimum absolute atomic E-state index is 0.0394. The lowest BCUT2D eigenvalue weighted by Crippen LogP contribution is -2.24. The summed E-state index contributed by atoms with van der Waals surface area (Å²) in [4.78, 5) is 32.7. The number of hydrogen-bond donors (Lipinski definition) is 1. The maximum Gasteiger partial charge on any atom is 0.312 e. The van der Waals surface area contributed by atoms with Crippen LogP contribution in [0.4, 0.5) is 0 Å². The Morgan fingerprint density at radius 3 is 2.69 bits per heavy atom. The van der Waals surface area contributed by atoms with Gasteiger partial charge in [0.15, 0.2) is 6.73 Å². The van der Waals surface area contributed by atoms with Gasteiger partial charge in [0.25, 0.3) is 0 Å². The molecule has 1 amide bonds. The second-order valence-corrected chi connectivity index (χ2v) is 9.55. The van der Waals surface area contributed by atoms with E-state index in [-0.39, 0.29) is 31.1 Å². The zero-order chi connectivity index (χ0) is 22.9. The molecule has 0 radical (unpaired) electrons. The van der Waals surface area contributed by atoms with Crippen molar-refractivity contribution in [1.29, 1.82) is 0 Å². The lowest BCUT2D eigenvalue weighted by Gasteiger charge is -2.22. The molecule has 9 heteroatoms. The summed E-state index contributed by atoms with van der Waals surface area (Å²) in [7, 11) is 0. The average Bonchev–Trinajstić information content (AvgIpc) is 3.50. The predicted molar refractivity (Wildman–Crippen MR) is 119 cm³/mol. The second-order valence-electron chi connectivity index (χ2n) is 9.55. The summed E-state index contributed by atoms with van der Waals surface area (Å²) in [6.45, 7) is 5.53. The van der Waals surface area contributed by atoms with Crippen molar-refractivity contribution in [2.75, 3.05) is 0 Å². The van der Waals surface area contributed by atoms with E-state index in [0.29, 0.717) is 11.6 Å². The summed E-state index contributed by atoms with van der Waals surface area (Å²) in [6.07, 6.45) is 11.8. The molecule has 170 valence electrons. The first kappa shape index (κ1) is 22.0.